The number of hydrogen-bond donors (Lipinski definition) is 2. The van der Waals surface area contributed by atoms with Crippen LogP contribution < -0.4 is 4.72 Å². The maximum Gasteiger partial charge on any atom is 0.348 e. The number of carboxylic acid groups (broad SMARTS) is 1. The molecule has 0 bridgehead atoms. The Morgan fingerprint density at radius 3 is 2.60 bits per heavy atom. The molecule has 0 aliphatic rings. The maximum atomic E-state index is 13.5. The molecular formula is C12H10FNO4S2. The summed E-state index contributed by atoms with van der Waals surface area (Å²) in [5.41, 5.74) is 0.429. The van der Waals surface area contributed by atoms with Crippen molar-refractivity contribution in [3.05, 3.63) is 45.9 Å². The molecule has 5 nitrogen and oxygen atoms in total. The summed E-state index contributed by atoms with van der Waals surface area (Å²) < 4.78 is 39.9. The molecule has 0 fully saturated rings. The molecule has 2 N–H and O–H groups in total. The summed E-state index contributed by atoms with van der Waals surface area (Å²) in [5.74, 6) is -2.14. The van der Waals surface area contributed by atoms with Gasteiger partial charge in [0.05, 0.1) is 5.69 Å². The number of aryl methyl sites for hydroxylation is 1. The number of nitrogens with one attached hydrogen (secondary N) is 1. The van der Waals surface area contributed by atoms with Crippen LogP contribution in [0.3, 0.4) is 0 Å². The Balaban J connectivity index is 2.47. The number of carboxylic acids is 1. The fourth-order valence-electron chi connectivity index (χ4n) is 1.58. The average Bonchev–Trinajstić information content (AvgIpc) is 2.71. The highest BCUT2D eigenvalue weighted by molar-refractivity contribution is 7.92. The van der Waals surface area contributed by atoms with Crippen LogP contribution in [0.25, 0.3) is 0 Å². The largest absolute Gasteiger partial charge is 0.477 e. The predicted octanol–water partition coefficient (Wildman–Crippen LogP) is 2.69. The summed E-state index contributed by atoms with van der Waals surface area (Å²) >= 11 is 0.904. The van der Waals surface area contributed by atoms with Crippen molar-refractivity contribution in [1.82, 2.24) is 0 Å². The van der Waals surface area contributed by atoms with Gasteiger partial charge in [0.1, 0.15) is 15.6 Å². The van der Waals surface area contributed by atoms with Gasteiger partial charge in [-0.1, -0.05) is 12.1 Å². The Kier molecular flexibility index (Phi) is 3.78. The van der Waals surface area contributed by atoms with E-state index in [9.17, 15) is 17.6 Å². The van der Waals surface area contributed by atoms with Gasteiger partial charge >= 0.3 is 5.97 Å². The van der Waals surface area contributed by atoms with Gasteiger partial charge in [-0.2, -0.15) is 0 Å². The molecule has 106 valence electrons. The number of halogens is 1. The number of rotatable bonds is 4. The third-order valence-electron chi connectivity index (χ3n) is 2.53. The summed E-state index contributed by atoms with van der Waals surface area (Å²) in [6.07, 6.45) is 0. The van der Waals surface area contributed by atoms with E-state index in [2.05, 4.69) is 4.72 Å². The minimum absolute atomic E-state index is 0.0363. The Morgan fingerprint density at radius 1 is 1.35 bits per heavy atom. The molecule has 0 atom stereocenters. The quantitative estimate of drug-likeness (QED) is 0.908. The van der Waals surface area contributed by atoms with E-state index in [-0.39, 0.29) is 10.6 Å². The molecule has 0 spiro atoms. The molecule has 20 heavy (non-hydrogen) atoms. The van der Waals surface area contributed by atoms with E-state index in [0.29, 0.717) is 5.56 Å². The molecule has 1 aromatic heterocycles. The van der Waals surface area contributed by atoms with Gasteiger partial charge in [0.15, 0.2) is 0 Å². The lowest BCUT2D eigenvalue weighted by atomic mass is 10.3. The van der Waals surface area contributed by atoms with Gasteiger partial charge in [-0.15, -0.1) is 11.3 Å². The van der Waals surface area contributed by atoms with E-state index in [1.165, 1.54) is 17.5 Å². The van der Waals surface area contributed by atoms with Crippen LogP contribution in [0.5, 0.6) is 0 Å². The smallest absolute Gasteiger partial charge is 0.348 e. The summed E-state index contributed by atoms with van der Waals surface area (Å²) in [6.45, 7) is 1.57. The fraction of sp³-hybridized carbons (Fsp3) is 0.0833. The maximum absolute atomic E-state index is 13.5. The molecule has 0 unspecified atom stereocenters. The topological polar surface area (TPSA) is 83.5 Å². The molecule has 2 rings (SSSR count). The lowest BCUT2D eigenvalue weighted by Crippen LogP contribution is -2.16. The summed E-state index contributed by atoms with van der Waals surface area (Å²) in [5, 5.41) is 10.5. The van der Waals surface area contributed by atoms with Crippen LogP contribution in [0.15, 0.2) is 34.5 Å². The molecule has 0 radical (unpaired) electrons. The van der Waals surface area contributed by atoms with Crippen LogP contribution >= 0.6 is 11.3 Å². The lowest BCUT2D eigenvalue weighted by molar-refractivity contribution is 0.0703. The predicted molar refractivity (Wildman–Crippen MR) is 73.2 cm³/mol. The van der Waals surface area contributed by atoms with Crippen molar-refractivity contribution in [3.63, 3.8) is 0 Å². The minimum Gasteiger partial charge on any atom is -0.477 e. The zero-order valence-electron chi connectivity index (χ0n) is 10.3. The van der Waals surface area contributed by atoms with E-state index >= 15 is 0 Å². The average molecular weight is 315 g/mol. The Bertz CT molecular complexity index is 768. The summed E-state index contributed by atoms with van der Waals surface area (Å²) in [6, 6.07) is 4.88. The van der Waals surface area contributed by atoms with Crippen molar-refractivity contribution >= 4 is 33.0 Å². The molecule has 0 aliphatic carbocycles. The van der Waals surface area contributed by atoms with Crippen molar-refractivity contribution in [1.29, 1.82) is 0 Å². The first-order valence-electron chi connectivity index (χ1n) is 5.41. The highest BCUT2D eigenvalue weighted by Crippen LogP contribution is 2.30. The molecule has 1 aromatic carbocycles. The summed E-state index contributed by atoms with van der Waals surface area (Å²) in [4.78, 5) is 10.4. The van der Waals surface area contributed by atoms with E-state index in [0.717, 1.165) is 23.5 Å². The van der Waals surface area contributed by atoms with Gasteiger partial charge in [0.25, 0.3) is 10.0 Å². The number of aromatic carboxylic acids is 1. The highest BCUT2D eigenvalue weighted by Gasteiger charge is 2.23. The van der Waals surface area contributed by atoms with Gasteiger partial charge in [0.2, 0.25) is 0 Å². The van der Waals surface area contributed by atoms with Crippen LogP contribution in [0.1, 0.15) is 15.2 Å². The van der Waals surface area contributed by atoms with Gasteiger partial charge in [-0.25, -0.2) is 17.6 Å². The van der Waals surface area contributed by atoms with Gasteiger partial charge < -0.3 is 5.11 Å². The van der Waals surface area contributed by atoms with Crippen LogP contribution in [-0.4, -0.2) is 19.5 Å². The van der Waals surface area contributed by atoms with E-state index in [1.54, 1.807) is 6.92 Å². The number of carbonyl (C=O) groups is 1. The van der Waals surface area contributed by atoms with E-state index in [1.807, 2.05) is 0 Å². The molecule has 2 aromatic rings. The first-order chi connectivity index (χ1) is 9.33. The monoisotopic (exact) mass is 315 g/mol. The second kappa shape index (κ2) is 5.22. The number of hydrogen-bond acceptors (Lipinski definition) is 4. The highest BCUT2D eigenvalue weighted by atomic mass is 32.2. The number of thiophene rings is 1. The van der Waals surface area contributed by atoms with Crippen LogP contribution in [0, 0.1) is 12.7 Å². The Labute approximate surface area is 118 Å². The number of sulfonamides is 1. The standard InChI is InChI=1S/C12H10FNO4S2/c1-7-6-19-11(12(15)16)10(7)14-20(17,18)9-5-3-2-4-8(9)13/h2-6,14H,1H3,(H,15,16). The number of benzene rings is 1. The molecular weight excluding hydrogens is 305 g/mol. The van der Waals surface area contributed by atoms with Gasteiger partial charge in [-0.05, 0) is 30.0 Å². The molecule has 0 saturated heterocycles. The van der Waals surface area contributed by atoms with Gasteiger partial charge in [0, 0.05) is 0 Å². The van der Waals surface area contributed by atoms with Gasteiger partial charge in [-0.3, -0.25) is 4.72 Å². The first kappa shape index (κ1) is 14.5. The summed E-state index contributed by atoms with van der Waals surface area (Å²) in [7, 11) is -4.17. The Hall–Kier alpha value is -1.93. The molecule has 0 amide bonds. The van der Waals surface area contributed by atoms with Crippen molar-refractivity contribution in [2.45, 2.75) is 11.8 Å². The normalized spacial score (nSPS) is 11.3. The second-order valence-corrected chi connectivity index (χ2v) is 6.49. The molecule has 8 heteroatoms. The second-order valence-electron chi connectivity index (χ2n) is 3.96. The van der Waals surface area contributed by atoms with Crippen LogP contribution in [0.4, 0.5) is 10.1 Å². The zero-order valence-corrected chi connectivity index (χ0v) is 11.9. The van der Waals surface area contributed by atoms with Crippen molar-refractivity contribution in [2.24, 2.45) is 0 Å². The third-order valence-corrected chi connectivity index (χ3v) is 5.00. The van der Waals surface area contributed by atoms with E-state index < -0.39 is 26.7 Å². The molecule has 0 saturated carbocycles. The molecule has 0 aliphatic heterocycles. The van der Waals surface area contributed by atoms with Crippen molar-refractivity contribution in [2.75, 3.05) is 4.72 Å². The first-order valence-corrected chi connectivity index (χ1v) is 7.78. The third kappa shape index (κ3) is 2.66. The van der Waals surface area contributed by atoms with Crippen molar-refractivity contribution in [3.8, 4) is 0 Å². The number of anilines is 1. The zero-order chi connectivity index (χ0) is 14.9. The van der Waals surface area contributed by atoms with Crippen LogP contribution in [-0.2, 0) is 10.0 Å². The van der Waals surface area contributed by atoms with E-state index in [4.69, 9.17) is 5.11 Å². The Morgan fingerprint density at radius 2 is 2.00 bits per heavy atom. The SMILES string of the molecule is Cc1csc(C(=O)O)c1NS(=O)(=O)c1ccccc1F. The van der Waals surface area contributed by atoms with Crippen LogP contribution in [0.2, 0.25) is 0 Å². The van der Waals surface area contributed by atoms with Crippen molar-refractivity contribution < 1.29 is 22.7 Å². The molecule has 1 heterocycles. The lowest BCUT2D eigenvalue weighted by Gasteiger charge is -2.09. The fourth-order valence-corrected chi connectivity index (χ4v) is 3.71. The minimum atomic E-state index is -4.17.